The van der Waals surface area contributed by atoms with Crippen molar-refractivity contribution in [2.45, 2.75) is 51.1 Å². The minimum absolute atomic E-state index is 0.00153. The standard InChI is InChI=1S/C15H21N3O3/c19-14(20)13-8-7-11(9-16-13)10-17-15(21)18-12-5-3-1-2-4-6-12/h7-9,12H,1-6,10H2,(H,19,20)(H2,17,18,21). The van der Waals surface area contributed by atoms with E-state index in [1.807, 2.05) is 0 Å². The molecule has 6 heteroatoms. The summed E-state index contributed by atoms with van der Waals surface area (Å²) < 4.78 is 0. The number of carboxylic acid groups (broad SMARTS) is 1. The van der Waals surface area contributed by atoms with Gasteiger partial charge in [-0.2, -0.15) is 0 Å². The van der Waals surface area contributed by atoms with Crippen molar-refractivity contribution in [3.05, 3.63) is 29.6 Å². The van der Waals surface area contributed by atoms with Crippen LogP contribution < -0.4 is 10.6 Å². The third-order valence-corrected chi connectivity index (χ3v) is 3.69. The van der Waals surface area contributed by atoms with E-state index >= 15 is 0 Å². The zero-order valence-electron chi connectivity index (χ0n) is 12.0. The number of hydrogen-bond acceptors (Lipinski definition) is 3. The molecule has 114 valence electrons. The predicted molar refractivity (Wildman–Crippen MR) is 78.1 cm³/mol. The van der Waals surface area contributed by atoms with Gasteiger partial charge in [0.15, 0.2) is 0 Å². The minimum atomic E-state index is -1.05. The highest BCUT2D eigenvalue weighted by Crippen LogP contribution is 2.16. The van der Waals surface area contributed by atoms with Crippen molar-refractivity contribution in [2.75, 3.05) is 0 Å². The lowest BCUT2D eigenvalue weighted by atomic mass is 10.1. The van der Waals surface area contributed by atoms with E-state index in [1.165, 1.54) is 37.9 Å². The molecule has 21 heavy (non-hydrogen) atoms. The highest BCUT2D eigenvalue weighted by molar-refractivity contribution is 5.85. The van der Waals surface area contributed by atoms with Crippen LogP contribution in [0.5, 0.6) is 0 Å². The van der Waals surface area contributed by atoms with Gasteiger partial charge in [0.05, 0.1) is 0 Å². The van der Waals surface area contributed by atoms with Gasteiger partial charge in [0.2, 0.25) is 0 Å². The number of nitrogens with zero attached hydrogens (tertiary/aromatic N) is 1. The molecule has 1 aliphatic rings. The van der Waals surface area contributed by atoms with Crippen LogP contribution in [0.2, 0.25) is 0 Å². The highest BCUT2D eigenvalue weighted by atomic mass is 16.4. The number of aromatic carboxylic acids is 1. The molecule has 0 unspecified atom stereocenters. The zero-order chi connectivity index (χ0) is 15.1. The largest absolute Gasteiger partial charge is 0.477 e. The Kier molecular flexibility index (Phi) is 5.54. The lowest BCUT2D eigenvalue weighted by Crippen LogP contribution is -2.41. The molecule has 0 atom stereocenters. The first-order valence-electron chi connectivity index (χ1n) is 7.38. The zero-order valence-corrected chi connectivity index (χ0v) is 12.0. The Morgan fingerprint density at radius 3 is 2.48 bits per heavy atom. The van der Waals surface area contributed by atoms with Crippen molar-refractivity contribution in [3.8, 4) is 0 Å². The fourth-order valence-electron chi connectivity index (χ4n) is 2.50. The number of carbonyl (C=O) groups is 2. The van der Waals surface area contributed by atoms with Crippen LogP contribution in [0.3, 0.4) is 0 Å². The fraction of sp³-hybridized carbons (Fsp3) is 0.533. The molecule has 0 bridgehead atoms. The summed E-state index contributed by atoms with van der Waals surface area (Å²) in [6.45, 7) is 0.339. The van der Waals surface area contributed by atoms with E-state index in [4.69, 9.17) is 5.11 Å². The molecule has 2 amide bonds. The maximum absolute atomic E-state index is 11.8. The van der Waals surface area contributed by atoms with Gasteiger partial charge in [0.25, 0.3) is 0 Å². The molecule has 1 aliphatic carbocycles. The van der Waals surface area contributed by atoms with Gasteiger partial charge < -0.3 is 15.7 Å². The molecule has 1 fully saturated rings. The van der Waals surface area contributed by atoms with Gasteiger partial charge >= 0.3 is 12.0 Å². The number of amides is 2. The van der Waals surface area contributed by atoms with Gasteiger partial charge in [-0.15, -0.1) is 0 Å². The average Bonchev–Trinajstić information content (AvgIpc) is 2.74. The van der Waals surface area contributed by atoms with Gasteiger partial charge in [-0.25, -0.2) is 14.6 Å². The number of carbonyl (C=O) groups excluding carboxylic acids is 1. The second-order valence-corrected chi connectivity index (χ2v) is 5.37. The molecule has 3 N–H and O–H groups in total. The normalized spacial score (nSPS) is 16.0. The summed E-state index contributed by atoms with van der Waals surface area (Å²) in [7, 11) is 0. The first kappa shape index (κ1) is 15.3. The third kappa shape index (κ3) is 5.06. The molecule has 1 aromatic heterocycles. The van der Waals surface area contributed by atoms with Crippen LogP contribution in [0.25, 0.3) is 0 Å². The molecule has 1 heterocycles. The summed E-state index contributed by atoms with van der Waals surface area (Å²) in [5, 5.41) is 14.5. The summed E-state index contributed by atoms with van der Waals surface area (Å²) in [6, 6.07) is 3.18. The van der Waals surface area contributed by atoms with Gasteiger partial charge in [0, 0.05) is 18.8 Å². The first-order chi connectivity index (χ1) is 10.1. The smallest absolute Gasteiger partial charge is 0.354 e. The summed E-state index contributed by atoms with van der Waals surface area (Å²) >= 11 is 0. The molecule has 0 aromatic carbocycles. The van der Waals surface area contributed by atoms with E-state index in [0.29, 0.717) is 6.54 Å². The number of carboxylic acids is 1. The van der Waals surface area contributed by atoms with Crippen LogP contribution in [0.15, 0.2) is 18.3 Å². The number of hydrogen-bond donors (Lipinski definition) is 3. The van der Waals surface area contributed by atoms with E-state index in [9.17, 15) is 9.59 Å². The van der Waals surface area contributed by atoms with Gasteiger partial charge in [-0.05, 0) is 24.5 Å². The number of aromatic nitrogens is 1. The van der Waals surface area contributed by atoms with E-state index in [1.54, 1.807) is 6.07 Å². The van der Waals surface area contributed by atoms with Crippen molar-refractivity contribution >= 4 is 12.0 Å². The van der Waals surface area contributed by atoms with E-state index in [2.05, 4.69) is 15.6 Å². The molecule has 0 aliphatic heterocycles. The van der Waals surface area contributed by atoms with Gasteiger partial charge in [-0.1, -0.05) is 31.7 Å². The van der Waals surface area contributed by atoms with Gasteiger partial charge in [-0.3, -0.25) is 0 Å². The van der Waals surface area contributed by atoms with E-state index in [0.717, 1.165) is 18.4 Å². The van der Waals surface area contributed by atoms with Crippen LogP contribution >= 0.6 is 0 Å². The van der Waals surface area contributed by atoms with Gasteiger partial charge in [0.1, 0.15) is 5.69 Å². The Morgan fingerprint density at radius 1 is 1.19 bits per heavy atom. The lowest BCUT2D eigenvalue weighted by Gasteiger charge is -2.16. The molecule has 2 rings (SSSR count). The Balaban J connectivity index is 1.76. The third-order valence-electron chi connectivity index (χ3n) is 3.69. The summed E-state index contributed by atoms with van der Waals surface area (Å²) in [5.41, 5.74) is 0.776. The Hall–Kier alpha value is -2.11. The van der Waals surface area contributed by atoms with Crippen LogP contribution in [0.4, 0.5) is 4.79 Å². The monoisotopic (exact) mass is 291 g/mol. The van der Waals surface area contributed by atoms with Crippen LogP contribution in [0, 0.1) is 0 Å². The summed E-state index contributed by atoms with van der Waals surface area (Å²) in [4.78, 5) is 26.3. The van der Waals surface area contributed by atoms with Crippen molar-refractivity contribution in [2.24, 2.45) is 0 Å². The number of urea groups is 1. The second-order valence-electron chi connectivity index (χ2n) is 5.37. The molecule has 0 saturated heterocycles. The highest BCUT2D eigenvalue weighted by Gasteiger charge is 2.14. The molecule has 1 saturated carbocycles. The maximum Gasteiger partial charge on any atom is 0.354 e. The molecular formula is C15H21N3O3. The Bertz CT molecular complexity index is 479. The predicted octanol–water partition coefficient (Wildman–Crippen LogP) is 2.30. The lowest BCUT2D eigenvalue weighted by molar-refractivity contribution is 0.0690. The minimum Gasteiger partial charge on any atom is -0.477 e. The second kappa shape index (κ2) is 7.61. The summed E-state index contributed by atoms with van der Waals surface area (Å²) in [6.07, 6.45) is 8.40. The Labute approximate surface area is 124 Å². The molecule has 6 nitrogen and oxygen atoms in total. The number of pyridine rings is 1. The van der Waals surface area contributed by atoms with Crippen molar-refractivity contribution in [1.82, 2.24) is 15.6 Å². The van der Waals surface area contributed by atoms with E-state index in [-0.39, 0.29) is 17.8 Å². The molecular weight excluding hydrogens is 270 g/mol. The number of nitrogens with one attached hydrogen (secondary N) is 2. The molecule has 0 spiro atoms. The number of rotatable bonds is 4. The van der Waals surface area contributed by atoms with Crippen molar-refractivity contribution in [3.63, 3.8) is 0 Å². The van der Waals surface area contributed by atoms with Crippen molar-refractivity contribution < 1.29 is 14.7 Å². The SMILES string of the molecule is O=C(NCc1ccc(C(=O)O)nc1)NC1CCCCCC1. The Morgan fingerprint density at radius 2 is 1.90 bits per heavy atom. The van der Waals surface area contributed by atoms with Crippen LogP contribution in [-0.4, -0.2) is 28.1 Å². The molecule has 0 radical (unpaired) electrons. The van der Waals surface area contributed by atoms with Crippen LogP contribution in [-0.2, 0) is 6.54 Å². The maximum atomic E-state index is 11.8. The summed E-state index contributed by atoms with van der Waals surface area (Å²) in [5.74, 6) is -1.05. The van der Waals surface area contributed by atoms with E-state index < -0.39 is 5.97 Å². The topological polar surface area (TPSA) is 91.3 Å². The molecule has 1 aromatic rings. The first-order valence-corrected chi connectivity index (χ1v) is 7.38. The quantitative estimate of drug-likeness (QED) is 0.742. The fourth-order valence-corrected chi connectivity index (χ4v) is 2.50. The van der Waals surface area contributed by atoms with Crippen LogP contribution in [0.1, 0.15) is 54.6 Å². The average molecular weight is 291 g/mol. The van der Waals surface area contributed by atoms with Crippen molar-refractivity contribution in [1.29, 1.82) is 0 Å².